The maximum Gasteiger partial charge on any atom is 0.242 e. The molecule has 0 aromatic rings. The Morgan fingerprint density at radius 2 is 1.94 bits per heavy atom. The van der Waals surface area contributed by atoms with Crippen molar-refractivity contribution in [2.45, 2.75) is 52.1 Å². The molecule has 1 aliphatic heterocycles. The third-order valence-electron chi connectivity index (χ3n) is 3.53. The lowest BCUT2D eigenvalue weighted by Gasteiger charge is -2.38. The van der Waals surface area contributed by atoms with Crippen molar-refractivity contribution in [1.82, 2.24) is 10.2 Å². The molecule has 2 atom stereocenters. The number of hydrogen-bond donors (Lipinski definition) is 2. The molecule has 1 unspecified atom stereocenters. The molecule has 0 saturated carbocycles. The van der Waals surface area contributed by atoms with Gasteiger partial charge in [0, 0.05) is 13.6 Å². The van der Waals surface area contributed by atoms with E-state index >= 15 is 0 Å². The predicted molar refractivity (Wildman–Crippen MR) is 70.8 cm³/mol. The summed E-state index contributed by atoms with van der Waals surface area (Å²) in [6, 6.07) is -0.924. The van der Waals surface area contributed by atoms with E-state index < -0.39 is 6.04 Å². The molecule has 0 aromatic heterocycles. The largest absolute Gasteiger partial charge is 0.357 e. The summed E-state index contributed by atoms with van der Waals surface area (Å²) in [5, 5.41) is 2.62. The number of hydrogen-bond acceptors (Lipinski definition) is 3. The molecule has 0 radical (unpaired) electrons. The first-order valence-corrected chi connectivity index (χ1v) is 6.56. The van der Waals surface area contributed by atoms with Gasteiger partial charge in [-0.3, -0.25) is 9.59 Å². The van der Waals surface area contributed by atoms with E-state index in [0.717, 1.165) is 19.3 Å². The van der Waals surface area contributed by atoms with Gasteiger partial charge in [0.05, 0.1) is 6.04 Å². The number of likely N-dealkylation sites (tertiary alicyclic amines) is 1. The number of nitrogens with two attached hydrogens (primary N) is 1. The van der Waals surface area contributed by atoms with E-state index in [2.05, 4.69) is 5.32 Å². The Labute approximate surface area is 109 Å². The van der Waals surface area contributed by atoms with E-state index in [-0.39, 0.29) is 23.3 Å². The van der Waals surface area contributed by atoms with Gasteiger partial charge in [-0.2, -0.15) is 0 Å². The van der Waals surface area contributed by atoms with Crippen molar-refractivity contribution < 1.29 is 9.59 Å². The first-order chi connectivity index (χ1) is 8.29. The first kappa shape index (κ1) is 15.0. The topological polar surface area (TPSA) is 75.4 Å². The fraction of sp³-hybridized carbons (Fsp3) is 0.846. The summed E-state index contributed by atoms with van der Waals surface area (Å²) in [6.45, 7) is 6.44. The lowest BCUT2D eigenvalue weighted by Crippen LogP contribution is -2.58. The molecule has 18 heavy (non-hydrogen) atoms. The predicted octanol–water partition coefficient (Wildman–Crippen LogP) is 0.487. The molecule has 0 aromatic carbocycles. The molecular weight excluding hydrogens is 230 g/mol. The maximum atomic E-state index is 12.4. The van der Waals surface area contributed by atoms with Crippen LogP contribution >= 0.6 is 0 Å². The highest BCUT2D eigenvalue weighted by atomic mass is 16.2. The molecule has 0 spiro atoms. The third-order valence-corrected chi connectivity index (χ3v) is 3.53. The second-order valence-corrected chi connectivity index (χ2v) is 6.00. The minimum atomic E-state index is -0.567. The molecule has 0 aliphatic carbocycles. The molecule has 1 fully saturated rings. The van der Waals surface area contributed by atoms with Crippen molar-refractivity contribution in [3.05, 3.63) is 0 Å². The van der Waals surface area contributed by atoms with Gasteiger partial charge in [-0.05, 0) is 24.7 Å². The number of nitrogens with zero attached hydrogens (tertiary/aromatic N) is 1. The zero-order valence-corrected chi connectivity index (χ0v) is 11.8. The zero-order valence-electron chi connectivity index (χ0n) is 11.8. The summed E-state index contributed by atoms with van der Waals surface area (Å²) in [6.07, 6.45) is 2.64. The minimum Gasteiger partial charge on any atom is -0.357 e. The quantitative estimate of drug-likeness (QED) is 0.754. The molecule has 5 heteroatoms. The van der Waals surface area contributed by atoms with Crippen molar-refractivity contribution in [1.29, 1.82) is 0 Å². The van der Waals surface area contributed by atoms with Crippen molar-refractivity contribution in [2.75, 3.05) is 13.6 Å². The molecule has 1 rings (SSSR count). The Bertz CT molecular complexity index is 323. The van der Waals surface area contributed by atoms with Gasteiger partial charge in [0.15, 0.2) is 0 Å². The number of likely N-dealkylation sites (N-methyl/N-ethyl adjacent to an activating group) is 1. The second-order valence-electron chi connectivity index (χ2n) is 6.00. The van der Waals surface area contributed by atoms with Crippen molar-refractivity contribution in [2.24, 2.45) is 11.1 Å². The molecule has 0 bridgehead atoms. The van der Waals surface area contributed by atoms with Crippen LogP contribution in [-0.2, 0) is 9.59 Å². The molecular formula is C13H25N3O2. The minimum absolute atomic E-state index is 0.0934. The average Bonchev–Trinajstić information content (AvgIpc) is 2.35. The summed E-state index contributed by atoms with van der Waals surface area (Å²) in [5.74, 6) is -0.208. The Morgan fingerprint density at radius 3 is 2.44 bits per heavy atom. The van der Waals surface area contributed by atoms with E-state index in [1.807, 2.05) is 20.8 Å². The van der Waals surface area contributed by atoms with Crippen LogP contribution in [0, 0.1) is 5.41 Å². The normalized spacial score (nSPS) is 22.5. The SMILES string of the molecule is CNC(=O)C1CCCCN1C(=O)[C@@H](N)C(C)(C)C. The smallest absolute Gasteiger partial charge is 0.242 e. The van der Waals surface area contributed by atoms with E-state index in [1.165, 1.54) is 0 Å². The highest BCUT2D eigenvalue weighted by Gasteiger charge is 2.37. The third kappa shape index (κ3) is 3.22. The van der Waals surface area contributed by atoms with Crippen LogP contribution in [0.15, 0.2) is 0 Å². The van der Waals surface area contributed by atoms with E-state index in [0.29, 0.717) is 6.54 Å². The van der Waals surface area contributed by atoms with Crippen LogP contribution in [-0.4, -0.2) is 42.4 Å². The summed E-state index contributed by atoms with van der Waals surface area (Å²) in [5.41, 5.74) is 5.72. The molecule has 5 nitrogen and oxygen atoms in total. The number of amides is 2. The molecule has 104 valence electrons. The maximum absolute atomic E-state index is 12.4. The van der Waals surface area contributed by atoms with E-state index in [1.54, 1.807) is 11.9 Å². The Kier molecular flexibility index (Phi) is 4.73. The van der Waals surface area contributed by atoms with Crippen LogP contribution in [0.25, 0.3) is 0 Å². The zero-order chi connectivity index (χ0) is 13.9. The van der Waals surface area contributed by atoms with Gasteiger partial charge in [0.1, 0.15) is 6.04 Å². The summed E-state index contributed by atoms with van der Waals surface area (Å²) >= 11 is 0. The van der Waals surface area contributed by atoms with Crippen LogP contribution in [0.4, 0.5) is 0 Å². The Balaban J connectivity index is 2.84. The summed E-state index contributed by atoms with van der Waals surface area (Å²) < 4.78 is 0. The van der Waals surface area contributed by atoms with Crippen LogP contribution in [0.3, 0.4) is 0 Å². The first-order valence-electron chi connectivity index (χ1n) is 6.56. The van der Waals surface area contributed by atoms with Gasteiger partial charge < -0.3 is 16.0 Å². The van der Waals surface area contributed by atoms with Gasteiger partial charge in [0.25, 0.3) is 0 Å². The average molecular weight is 255 g/mol. The number of rotatable bonds is 2. The molecule has 3 N–H and O–H groups in total. The van der Waals surface area contributed by atoms with Gasteiger partial charge in [-0.1, -0.05) is 20.8 Å². The molecule has 1 saturated heterocycles. The van der Waals surface area contributed by atoms with Crippen molar-refractivity contribution in [3.63, 3.8) is 0 Å². The van der Waals surface area contributed by atoms with Gasteiger partial charge >= 0.3 is 0 Å². The van der Waals surface area contributed by atoms with Crippen LogP contribution in [0.1, 0.15) is 40.0 Å². The number of carbonyl (C=O) groups excluding carboxylic acids is 2. The lowest BCUT2D eigenvalue weighted by molar-refractivity contribution is -0.144. The summed E-state index contributed by atoms with van der Waals surface area (Å²) in [7, 11) is 1.60. The van der Waals surface area contributed by atoms with Gasteiger partial charge in [-0.15, -0.1) is 0 Å². The Hall–Kier alpha value is -1.10. The highest BCUT2D eigenvalue weighted by molar-refractivity contribution is 5.90. The number of piperidine rings is 1. The summed E-state index contributed by atoms with van der Waals surface area (Å²) in [4.78, 5) is 25.9. The van der Waals surface area contributed by atoms with Gasteiger partial charge in [-0.25, -0.2) is 0 Å². The van der Waals surface area contributed by atoms with Crippen molar-refractivity contribution >= 4 is 11.8 Å². The van der Waals surface area contributed by atoms with Crippen LogP contribution in [0.5, 0.6) is 0 Å². The molecule has 1 heterocycles. The van der Waals surface area contributed by atoms with E-state index in [9.17, 15) is 9.59 Å². The van der Waals surface area contributed by atoms with Gasteiger partial charge in [0.2, 0.25) is 11.8 Å². The highest BCUT2D eigenvalue weighted by Crippen LogP contribution is 2.23. The monoisotopic (exact) mass is 255 g/mol. The van der Waals surface area contributed by atoms with Crippen LogP contribution < -0.4 is 11.1 Å². The van der Waals surface area contributed by atoms with E-state index in [4.69, 9.17) is 5.73 Å². The second kappa shape index (κ2) is 5.69. The number of nitrogens with one attached hydrogen (secondary N) is 1. The molecule has 2 amide bonds. The lowest BCUT2D eigenvalue weighted by atomic mass is 9.85. The fourth-order valence-corrected chi connectivity index (χ4v) is 2.18. The van der Waals surface area contributed by atoms with Crippen LogP contribution in [0.2, 0.25) is 0 Å². The fourth-order valence-electron chi connectivity index (χ4n) is 2.18. The van der Waals surface area contributed by atoms with Crippen molar-refractivity contribution in [3.8, 4) is 0 Å². The molecule has 1 aliphatic rings. The standard InChI is InChI=1S/C13H25N3O2/c1-13(2,3)10(14)12(18)16-8-6-5-7-9(16)11(17)15-4/h9-10H,5-8,14H2,1-4H3,(H,15,17)/t9?,10-/m1/s1. The Morgan fingerprint density at radius 1 is 1.33 bits per heavy atom. The number of carbonyl (C=O) groups is 2.